The molecule has 0 spiro atoms. The molecule has 0 radical (unpaired) electrons. The number of carbonyl (C=O) groups is 2. The summed E-state index contributed by atoms with van der Waals surface area (Å²) in [7, 11) is 0. The molecule has 2 rings (SSSR count). The van der Waals surface area contributed by atoms with Gasteiger partial charge in [0.2, 0.25) is 5.78 Å². The minimum absolute atomic E-state index is 0.112. The standard InChI is InChI=1S/C16H16O3S/c1-4-11-7-8-12(20-11)15(17)13-9(2)5-6-10(3)14(13)16(18)19/h5-8H,4H2,1-3H3,(H,18,19). The fourth-order valence-corrected chi connectivity index (χ4v) is 3.09. The van der Waals surface area contributed by atoms with Crippen LogP contribution in [0.1, 0.15) is 48.5 Å². The molecule has 0 aliphatic heterocycles. The van der Waals surface area contributed by atoms with Crippen molar-refractivity contribution >= 4 is 23.1 Å². The van der Waals surface area contributed by atoms with Gasteiger partial charge in [-0.05, 0) is 43.5 Å². The van der Waals surface area contributed by atoms with Crippen LogP contribution in [0.25, 0.3) is 0 Å². The molecular weight excluding hydrogens is 272 g/mol. The van der Waals surface area contributed by atoms with Crippen LogP contribution in [-0.2, 0) is 6.42 Å². The first-order chi connectivity index (χ1) is 9.45. The molecule has 0 saturated heterocycles. The summed E-state index contributed by atoms with van der Waals surface area (Å²) in [4.78, 5) is 25.8. The molecule has 0 fully saturated rings. The Morgan fingerprint density at radius 1 is 1.05 bits per heavy atom. The van der Waals surface area contributed by atoms with Gasteiger partial charge >= 0.3 is 5.97 Å². The van der Waals surface area contributed by atoms with Gasteiger partial charge in [-0.3, -0.25) is 4.79 Å². The van der Waals surface area contributed by atoms with E-state index in [1.165, 1.54) is 11.3 Å². The van der Waals surface area contributed by atoms with Gasteiger partial charge in [-0.15, -0.1) is 11.3 Å². The Labute approximate surface area is 121 Å². The number of ketones is 1. The SMILES string of the molecule is CCc1ccc(C(=O)c2c(C)ccc(C)c2C(=O)O)s1. The predicted octanol–water partition coefficient (Wildman–Crippen LogP) is 3.86. The van der Waals surface area contributed by atoms with Crippen LogP contribution in [-0.4, -0.2) is 16.9 Å². The van der Waals surface area contributed by atoms with Gasteiger partial charge in [0.1, 0.15) is 0 Å². The summed E-state index contributed by atoms with van der Waals surface area (Å²) in [5.74, 6) is -1.25. The minimum Gasteiger partial charge on any atom is -0.478 e. The number of hydrogen-bond donors (Lipinski definition) is 1. The highest BCUT2D eigenvalue weighted by Crippen LogP contribution is 2.26. The van der Waals surface area contributed by atoms with Crippen molar-refractivity contribution in [2.45, 2.75) is 27.2 Å². The average molecular weight is 288 g/mol. The molecule has 1 aromatic heterocycles. The Kier molecular flexibility index (Phi) is 4.04. The number of benzene rings is 1. The molecule has 20 heavy (non-hydrogen) atoms. The zero-order valence-electron chi connectivity index (χ0n) is 11.7. The number of carboxylic acid groups (broad SMARTS) is 1. The summed E-state index contributed by atoms with van der Waals surface area (Å²) in [6, 6.07) is 7.23. The molecule has 0 saturated carbocycles. The number of aryl methyl sites for hydroxylation is 3. The van der Waals surface area contributed by atoms with Crippen LogP contribution < -0.4 is 0 Å². The fourth-order valence-electron chi connectivity index (χ4n) is 2.19. The third kappa shape index (κ3) is 2.51. The second-order valence-corrected chi connectivity index (χ2v) is 5.87. The predicted molar refractivity (Wildman–Crippen MR) is 80.0 cm³/mol. The molecule has 0 bridgehead atoms. The lowest BCUT2D eigenvalue weighted by molar-refractivity contribution is 0.0692. The van der Waals surface area contributed by atoms with Crippen molar-refractivity contribution in [1.82, 2.24) is 0 Å². The first kappa shape index (κ1) is 14.5. The number of rotatable bonds is 4. The van der Waals surface area contributed by atoms with Crippen molar-refractivity contribution in [1.29, 1.82) is 0 Å². The maximum Gasteiger partial charge on any atom is 0.336 e. The number of aromatic carboxylic acids is 1. The quantitative estimate of drug-likeness (QED) is 0.869. The molecule has 0 unspecified atom stereocenters. The van der Waals surface area contributed by atoms with Crippen molar-refractivity contribution < 1.29 is 14.7 Å². The van der Waals surface area contributed by atoms with Gasteiger partial charge in [-0.1, -0.05) is 19.1 Å². The maximum atomic E-state index is 12.6. The first-order valence-corrected chi connectivity index (χ1v) is 7.24. The van der Waals surface area contributed by atoms with Crippen LogP contribution in [0.5, 0.6) is 0 Å². The largest absolute Gasteiger partial charge is 0.478 e. The van der Waals surface area contributed by atoms with Gasteiger partial charge in [0.05, 0.1) is 10.4 Å². The van der Waals surface area contributed by atoms with Gasteiger partial charge in [-0.25, -0.2) is 4.79 Å². The molecule has 4 heteroatoms. The topological polar surface area (TPSA) is 54.4 Å². The Balaban J connectivity index is 2.59. The monoisotopic (exact) mass is 288 g/mol. The zero-order valence-corrected chi connectivity index (χ0v) is 12.5. The van der Waals surface area contributed by atoms with Gasteiger partial charge in [0, 0.05) is 10.4 Å². The van der Waals surface area contributed by atoms with Crippen molar-refractivity contribution in [3.05, 3.63) is 56.3 Å². The smallest absolute Gasteiger partial charge is 0.336 e. The molecule has 0 atom stereocenters. The van der Waals surface area contributed by atoms with E-state index in [0.29, 0.717) is 21.6 Å². The van der Waals surface area contributed by atoms with Gasteiger partial charge in [-0.2, -0.15) is 0 Å². The van der Waals surface area contributed by atoms with Gasteiger partial charge in [0.25, 0.3) is 0 Å². The molecule has 1 aromatic carbocycles. The van der Waals surface area contributed by atoms with E-state index in [9.17, 15) is 14.7 Å². The molecule has 3 nitrogen and oxygen atoms in total. The average Bonchev–Trinajstić information content (AvgIpc) is 2.88. The highest BCUT2D eigenvalue weighted by atomic mass is 32.1. The van der Waals surface area contributed by atoms with Gasteiger partial charge in [0.15, 0.2) is 0 Å². The normalized spacial score (nSPS) is 10.6. The summed E-state index contributed by atoms with van der Waals surface area (Å²) in [6.45, 7) is 5.51. The van der Waals surface area contributed by atoms with Crippen LogP contribution in [0.3, 0.4) is 0 Å². The summed E-state index contributed by atoms with van der Waals surface area (Å²) in [6.07, 6.45) is 0.872. The fraction of sp³-hybridized carbons (Fsp3) is 0.250. The van der Waals surface area contributed by atoms with Crippen molar-refractivity contribution in [2.75, 3.05) is 0 Å². The molecule has 1 N–H and O–H groups in total. The second-order valence-electron chi connectivity index (χ2n) is 4.70. The molecular formula is C16H16O3S. The van der Waals surface area contributed by atoms with E-state index < -0.39 is 5.97 Å². The van der Waals surface area contributed by atoms with Crippen LogP contribution in [0.15, 0.2) is 24.3 Å². The summed E-state index contributed by atoms with van der Waals surface area (Å²) < 4.78 is 0. The molecule has 0 amide bonds. The molecule has 2 aromatic rings. The molecule has 104 valence electrons. The van der Waals surface area contributed by atoms with Crippen molar-refractivity contribution in [2.24, 2.45) is 0 Å². The van der Waals surface area contributed by atoms with E-state index in [1.807, 2.05) is 13.0 Å². The number of carboxylic acids is 1. The third-order valence-corrected chi connectivity index (χ3v) is 4.53. The lowest BCUT2D eigenvalue weighted by Crippen LogP contribution is -2.12. The van der Waals surface area contributed by atoms with E-state index in [1.54, 1.807) is 32.0 Å². The summed E-state index contributed by atoms with van der Waals surface area (Å²) >= 11 is 1.43. The van der Waals surface area contributed by atoms with Crippen molar-refractivity contribution in [3.63, 3.8) is 0 Å². The molecule has 0 aliphatic carbocycles. The van der Waals surface area contributed by atoms with Crippen LogP contribution in [0, 0.1) is 13.8 Å². The first-order valence-electron chi connectivity index (χ1n) is 6.42. The Bertz CT molecular complexity index is 683. The van der Waals surface area contributed by atoms with Crippen LogP contribution in [0.4, 0.5) is 0 Å². The van der Waals surface area contributed by atoms with E-state index in [2.05, 4.69) is 0 Å². The number of thiophene rings is 1. The third-order valence-electron chi connectivity index (χ3n) is 3.30. The van der Waals surface area contributed by atoms with E-state index in [-0.39, 0.29) is 11.3 Å². The molecule has 0 aliphatic rings. The van der Waals surface area contributed by atoms with Crippen LogP contribution >= 0.6 is 11.3 Å². The van der Waals surface area contributed by atoms with E-state index in [0.717, 1.165) is 11.3 Å². The Hall–Kier alpha value is -1.94. The van der Waals surface area contributed by atoms with E-state index >= 15 is 0 Å². The van der Waals surface area contributed by atoms with Gasteiger partial charge < -0.3 is 5.11 Å². The highest BCUT2D eigenvalue weighted by molar-refractivity contribution is 7.14. The zero-order chi connectivity index (χ0) is 14.9. The Morgan fingerprint density at radius 2 is 1.65 bits per heavy atom. The Morgan fingerprint density at radius 3 is 2.15 bits per heavy atom. The lowest BCUT2D eigenvalue weighted by atomic mass is 9.93. The summed E-state index contributed by atoms with van der Waals surface area (Å²) in [5.41, 5.74) is 1.73. The van der Waals surface area contributed by atoms with E-state index in [4.69, 9.17) is 0 Å². The van der Waals surface area contributed by atoms with Crippen molar-refractivity contribution in [3.8, 4) is 0 Å². The van der Waals surface area contributed by atoms with Crippen LogP contribution in [0.2, 0.25) is 0 Å². The maximum absolute atomic E-state index is 12.6. The lowest BCUT2D eigenvalue weighted by Gasteiger charge is -2.10. The molecule has 1 heterocycles. The minimum atomic E-state index is -1.05. The second kappa shape index (κ2) is 5.59. The highest BCUT2D eigenvalue weighted by Gasteiger charge is 2.23. The number of hydrogen-bond acceptors (Lipinski definition) is 3. The number of carbonyl (C=O) groups excluding carboxylic acids is 1. The summed E-state index contributed by atoms with van der Waals surface area (Å²) in [5, 5.41) is 9.37.